The number of amides is 1. The van der Waals surface area contributed by atoms with E-state index in [2.05, 4.69) is 0 Å². The molecule has 1 unspecified atom stereocenters. The molecule has 18 heavy (non-hydrogen) atoms. The van der Waals surface area contributed by atoms with Crippen LogP contribution < -0.4 is 0 Å². The van der Waals surface area contributed by atoms with Crippen LogP contribution in [-0.2, 0) is 14.6 Å². The van der Waals surface area contributed by atoms with Gasteiger partial charge in [-0.1, -0.05) is 6.92 Å². The molecule has 7 heteroatoms. The van der Waals surface area contributed by atoms with Gasteiger partial charge in [0.25, 0.3) is 0 Å². The Balaban J connectivity index is 3.01. The summed E-state index contributed by atoms with van der Waals surface area (Å²) in [7, 11) is -3.24. The number of hydrogen-bond donors (Lipinski definition) is 0. The molecule has 106 valence electrons. The van der Waals surface area contributed by atoms with E-state index < -0.39 is 20.6 Å². The molecule has 0 spiro atoms. The van der Waals surface area contributed by atoms with Crippen LogP contribution in [0.1, 0.15) is 20.8 Å². The normalized spacial score (nSPS) is 22.0. The van der Waals surface area contributed by atoms with Gasteiger partial charge in [0, 0.05) is 29.7 Å². The summed E-state index contributed by atoms with van der Waals surface area (Å²) >= 11 is 7.38. The number of carbonyl (C=O) groups excluding carboxylic acids is 1. The second-order valence-corrected chi connectivity index (χ2v) is 8.86. The van der Waals surface area contributed by atoms with E-state index in [0.29, 0.717) is 12.3 Å². The molecular formula is C11H20ClNO3S2. The van der Waals surface area contributed by atoms with Crippen molar-refractivity contribution in [1.82, 2.24) is 4.90 Å². The van der Waals surface area contributed by atoms with Gasteiger partial charge < -0.3 is 4.90 Å². The molecule has 1 rings (SSSR count). The number of alkyl halides is 1. The van der Waals surface area contributed by atoms with Gasteiger partial charge in [-0.25, -0.2) is 8.42 Å². The molecule has 0 radical (unpaired) electrons. The van der Waals surface area contributed by atoms with Crippen molar-refractivity contribution in [1.29, 1.82) is 0 Å². The first-order valence-electron chi connectivity index (χ1n) is 5.92. The standard InChI is InChI=1S/C11H20ClNO3S2/c1-4-18(15,16)9-7-17-6-5-13(9)10(14)11(2,3)8-12/h9H,4-8H2,1-3H3. The first-order chi connectivity index (χ1) is 8.26. The summed E-state index contributed by atoms with van der Waals surface area (Å²) in [5.74, 6) is 1.32. The summed E-state index contributed by atoms with van der Waals surface area (Å²) in [6.45, 7) is 5.59. The third kappa shape index (κ3) is 3.33. The van der Waals surface area contributed by atoms with Crippen molar-refractivity contribution in [3.63, 3.8) is 0 Å². The number of hydrogen-bond acceptors (Lipinski definition) is 4. The molecule has 0 bridgehead atoms. The highest BCUT2D eigenvalue weighted by Gasteiger charge is 2.40. The highest BCUT2D eigenvalue weighted by Crippen LogP contribution is 2.28. The van der Waals surface area contributed by atoms with Crippen LogP contribution in [-0.4, -0.2) is 54.3 Å². The van der Waals surface area contributed by atoms with Crippen molar-refractivity contribution in [2.24, 2.45) is 5.41 Å². The average molecular weight is 314 g/mol. The van der Waals surface area contributed by atoms with Gasteiger partial charge in [0.05, 0.1) is 5.41 Å². The molecule has 1 aliphatic heterocycles. The third-order valence-electron chi connectivity index (χ3n) is 3.08. The molecule has 0 aliphatic carbocycles. The lowest BCUT2D eigenvalue weighted by molar-refractivity contribution is -0.139. The zero-order valence-corrected chi connectivity index (χ0v) is 13.4. The first kappa shape index (κ1) is 16.1. The van der Waals surface area contributed by atoms with Gasteiger partial charge in [0.15, 0.2) is 9.84 Å². The Hall–Kier alpha value is 0.0600. The van der Waals surface area contributed by atoms with Gasteiger partial charge in [-0.15, -0.1) is 11.6 Å². The zero-order chi connectivity index (χ0) is 14.0. The first-order valence-corrected chi connectivity index (χ1v) is 9.33. The summed E-state index contributed by atoms with van der Waals surface area (Å²) < 4.78 is 24.1. The number of thioether (sulfide) groups is 1. The highest BCUT2D eigenvalue weighted by molar-refractivity contribution is 8.01. The van der Waals surface area contributed by atoms with Crippen LogP contribution >= 0.6 is 23.4 Å². The largest absolute Gasteiger partial charge is 0.324 e. The van der Waals surface area contributed by atoms with Crippen LogP contribution in [0.4, 0.5) is 0 Å². The summed E-state index contributed by atoms with van der Waals surface area (Å²) in [5.41, 5.74) is -0.717. The number of sulfone groups is 1. The maximum absolute atomic E-state index is 12.4. The molecule has 0 aromatic carbocycles. The van der Waals surface area contributed by atoms with E-state index in [1.165, 1.54) is 4.90 Å². The molecule has 1 aliphatic rings. The van der Waals surface area contributed by atoms with Crippen molar-refractivity contribution in [3.05, 3.63) is 0 Å². The SMILES string of the molecule is CCS(=O)(=O)C1CSCCN1C(=O)C(C)(C)CCl. The monoisotopic (exact) mass is 313 g/mol. The maximum atomic E-state index is 12.4. The Labute approximate surface area is 118 Å². The smallest absolute Gasteiger partial charge is 0.230 e. The molecule has 4 nitrogen and oxygen atoms in total. The van der Waals surface area contributed by atoms with Gasteiger partial charge >= 0.3 is 0 Å². The van der Waals surface area contributed by atoms with Gasteiger partial charge in [-0.05, 0) is 13.8 Å². The topological polar surface area (TPSA) is 54.5 Å². The van der Waals surface area contributed by atoms with Crippen molar-refractivity contribution < 1.29 is 13.2 Å². The van der Waals surface area contributed by atoms with E-state index in [0.717, 1.165) is 5.75 Å². The number of nitrogens with zero attached hydrogens (tertiary/aromatic N) is 1. The van der Waals surface area contributed by atoms with Crippen LogP contribution in [0.2, 0.25) is 0 Å². The molecule has 1 atom stereocenters. The average Bonchev–Trinajstić information content (AvgIpc) is 2.37. The van der Waals surface area contributed by atoms with Gasteiger partial charge in [-0.2, -0.15) is 11.8 Å². The van der Waals surface area contributed by atoms with Crippen LogP contribution in [0.15, 0.2) is 0 Å². The zero-order valence-electron chi connectivity index (χ0n) is 11.0. The van der Waals surface area contributed by atoms with Gasteiger partial charge in [0.1, 0.15) is 5.37 Å². The van der Waals surface area contributed by atoms with E-state index in [4.69, 9.17) is 11.6 Å². The second-order valence-electron chi connectivity index (χ2n) is 5.00. The van der Waals surface area contributed by atoms with Crippen molar-refractivity contribution in [2.75, 3.05) is 29.7 Å². The third-order valence-corrected chi connectivity index (χ3v) is 7.03. The molecule has 0 aromatic rings. The summed E-state index contributed by atoms with van der Waals surface area (Å²) in [4.78, 5) is 13.9. The molecule has 1 fully saturated rings. The predicted molar refractivity (Wildman–Crippen MR) is 76.8 cm³/mol. The Bertz CT molecular complexity index is 409. The predicted octanol–water partition coefficient (Wildman–Crippen LogP) is 1.59. The lowest BCUT2D eigenvalue weighted by Gasteiger charge is -2.38. The van der Waals surface area contributed by atoms with Crippen LogP contribution in [0.3, 0.4) is 0 Å². The lowest BCUT2D eigenvalue weighted by atomic mass is 9.94. The molecule has 0 aromatic heterocycles. The lowest BCUT2D eigenvalue weighted by Crippen LogP contribution is -2.54. The van der Waals surface area contributed by atoms with Gasteiger partial charge in [0.2, 0.25) is 5.91 Å². The number of rotatable bonds is 4. The van der Waals surface area contributed by atoms with E-state index in [9.17, 15) is 13.2 Å². The fourth-order valence-corrected chi connectivity index (χ4v) is 4.83. The second kappa shape index (κ2) is 6.01. The van der Waals surface area contributed by atoms with Crippen molar-refractivity contribution in [2.45, 2.75) is 26.1 Å². The van der Waals surface area contributed by atoms with Crippen LogP contribution in [0.5, 0.6) is 0 Å². The minimum absolute atomic E-state index is 0.0588. The van der Waals surface area contributed by atoms with Crippen LogP contribution in [0.25, 0.3) is 0 Å². The van der Waals surface area contributed by atoms with Crippen LogP contribution in [0, 0.1) is 5.41 Å². The number of halogens is 1. The summed E-state index contributed by atoms with van der Waals surface area (Å²) in [6, 6.07) is 0. The quantitative estimate of drug-likeness (QED) is 0.740. The summed E-state index contributed by atoms with van der Waals surface area (Å²) in [5, 5.41) is -0.698. The Morgan fingerprint density at radius 1 is 1.50 bits per heavy atom. The van der Waals surface area contributed by atoms with E-state index in [1.54, 1.807) is 32.5 Å². The molecule has 0 saturated carbocycles. The minimum atomic E-state index is -3.24. The van der Waals surface area contributed by atoms with Gasteiger partial charge in [-0.3, -0.25) is 4.79 Å². The number of carbonyl (C=O) groups is 1. The van der Waals surface area contributed by atoms with E-state index >= 15 is 0 Å². The fourth-order valence-electron chi connectivity index (χ4n) is 1.75. The maximum Gasteiger partial charge on any atom is 0.230 e. The minimum Gasteiger partial charge on any atom is -0.324 e. The molecule has 1 saturated heterocycles. The van der Waals surface area contributed by atoms with Crippen molar-refractivity contribution >= 4 is 39.1 Å². The molecule has 1 amide bonds. The molecular weight excluding hydrogens is 294 g/mol. The highest BCUT2D eigenvalue weighted by atomic mass is 35.5. The summed E-state index contributed by atoms with van der Waals surface area (Å²) in [6.07, 6.45) is 0. The molecule has 0 N–H and O–H groups in total. The Kier molecular flexibility index (Phi) is 5.38. The van der Waals surface area contributed by atoms with E-state index in [-0.39, 0.29) is 17.5 Å². The Morgan fingerprint density at radius 2 is 2.11 bits per heavy atom. The van der Waals surface area contributed by atoms with Crippen molar-refractivity contribution in [3.8, 4) is 0 Å². The molecule has 1 heterocycles. The van der Waals surface area contributed by atoms with E-state index in [1.807, 2.05) is 0 Å². The fraction of sp³-hybridized carbons (Fsp3) is 0.909. The Morgan fingerprint density at radius 3 is 2.61 bits per heavy atom.